The lowest BCUT2D eigenvalue weighted by atomic mass is 10.1. The quantitative estimate of drug-likeness (QED) is 0.303. The van der Waals surface area contributed by atoms with Crippen molar-refractivity contribution in [1.29, 1.82) is 0 Å². The first-order chi connectivity index (χ1) is 15.9. The van der Waals surface area contributed by atoms with E-state index in [1.165, 1.54) is 0 Å². The smallest absolute Gasteiger partial charge is 0.407 e. The number of alkyl carbamates (subject to hydrolysis) is 1. The van der Waals surface area contributed by atoms with Gasteiger partial charge >= 0.3 is 12.1 Å². The van der Waals surface area contributed by atoms with Gasteiger partial charge in [-0.15, -0.1) is 0 Å². The average Bonchev–Trinajstić information content (AvgIpc) is 3.18. The minimum absolute atomic E-state index is 0.0727. The molecule has 2 aromatic rings. The molecule has 188 valence electrons. The maximum absolute atomic E-state index is 12.1. The number of nitrogens with one attached hydrogen (secondary N) is 1. The molecule has 1 amide bonds. The summed E-state index contributed by atoms with van der Waals surface area (Å²) in [7, 11) is 0. The molecule has 0 unspecified atom stereocenters. The van der Waals surface area contributed by atoms with Gasteiger partial charge in [0.05, 0.1) is 12.0 Å². The topological polar surface area (TPSA) is 127 Å². The van der Waals surface area contributed by atoms with Crippen LogP contribution in [0.25, 0.3) is 11.3 Å². The highest BCUT2D eigenvalue weighted by molar-refractivity contribution is 5.75. The second-order valence-electron chi connectivity index (χ2n) is 9.77. The number of aryl methyl sites for hydroxylation is 1. The van der Waals surface area contributed by atoms with Gasteiger partial charge in [-0.1, -0.05) is 0 Å². The van der Waals surface area contributed by atoms with Gasteiger partial charge in [0.1, 0.15) is 23.6 Å². The Labute approximate surface area is 200 Å². The van der Waals surface area contributed by atoms with E-state index in [9.17, 15) is 9.59 Å². The predicted molar refractivity (Wildman–Crippen MR) is 127 cm³/mol. The van der Waals surface area contributed by atoms with Crippen LogP contribution in [-0.2, 0) is 25.7 Å². The second-order valence-corrected chi connectivity index (χ2v) is 9.77. The van der Waals surface area contributed by atoms with Crippen LogP contribution >= 0.6 is 0 Å². The summed E-state index contributed by atoms with van der Waals surface area (Å²) in [4.78, 5) is 32.9. The van der Waals surface area contributed by atoms with Crippen LogP contribution in [0.2, 0.25) is 0 Å². The van der Waals surface area contributed by atoms with Crippen LogP contribution in [0.4, 0.5) is 4.79 Å². The van der Waals surface area contributed by atoms with Gasteiger partial charge in [-0.2, -0.15) is 0 Å². The van der Waals surface area contributed by atoms with Crippen LogP contribution in [-0.4, -0.2) is 52.1 Å². The van der Waals surface area contributed by atoms with Crippen molar-refractivity contribution in [2.75, 3.05) is 13.2 Å². The van der Waals surface area contributed by atoms with Crippen LogP contribution in [0, 0.1) is 0 Å². The van der Waals surface area contributed by atoms with E-state index < -0.39 is 29.4 Å². The van der Waals surface area contributed by atoms with Gasteiger partial charge in [0, 0.05) is 24.8 Å². The molecule has 1 atom stereocenters. The molecule has 1 aromatic heterocycles. The van der Waals surface area contributed by atoms with E-state index in [0.717, 1.165) is 17.7 Å². The molecule has 0 bridgehead atoms. The summed E-state index contributed by atoms with van der Waals surface area (Å²) in [6.45, 7) is 11.9. The molecule has 0 fully saturated rings. The zero-order valence-electron chi connectivity index (χ0n) is 20.8. The van der Waals surface area contributed by atoms with Gasteiger partial charge in [0.25, 0.3) is 0 Å². The predicted octanol–water partition coefficient (Wildman–Crippen LogP) is 3.44. The standard InChI is InChI=1S/C24H36N4O6/c1-23(2,3)32-21(29)20(34-25)15-31-18-10-8-17(9-11-18)19-14-28(16-27-19)13-7-12-26-22(30)33-24(4,5)6/h8-11,14,16,20H,7,12-13,15,25H2,1-6H3,(H,26,30)/t20-/m0/s1. The Morgan fingerprint density at radius 1 is 1.06 bits per heavy atom. The van der Waals surface area contributed by atoms with E-state index >= 15 is 0 Å². The van der Waals surface area contributed by atoms with Crippen LogP contribution in [0.3, 0.4) is 0 Å². The number of amides is 1. The van der Waals surface area contributed by atoms with Gasteiger partial charge < -0.3 is 24.1 Å². The number of nitrogens with two attached hydrogens (primary N) is 1. The van der Waals surface area contributed by atoms with E-state index in [1.54, 1.807) is 39.2 Å². The fraction of sp³-hybridized carbons (Fsp3) is 0.542. The molecule has 34 heavy (non-hydrogen) atoms. The highest BCUT2D eigenvalue weighted by Crippen LogP contribution is 2.21. The summed E-state index contributed by atoms with van der Waals surface area (Å²) >= 11 is 0. The molecule has 1 aromatic carbocycles. The molecule has 0 aliphatic carbocycles. The Balaban J connectivity index is 1.81. The van der Waals surface area contributed by atoms with E-state index in [2.05, 4.69) is 10.3 Å². The number of imidazole rings is 1. The molecule has 2 rings (SSSR count). The summed E-state index contributed by atoms with van der Waals surface area (Å²) in [5.74, 6) is 5.20. The summed E-state index contributed by atoms with van der Waals surface area (Å²) < 4.78 is 18.1. The van der Waals surface area contributed by atoms with Crippen LogP contribution in [0.5, 0.6) is 5.75 Å². The molecule has 0 aliphatic rings. The SMILES string of the molecule is CC(C)(C)OC(=O)NCCCn1cnc(-c2ccc(OC[C@H](ON)C(=O)OC(C)(C)C)cc2)c1. The first kappa shape index (κ1) is 27.1. The lowest BCUT2D eigenvalue weighted by molar-refractivity contribution is -0.170. The van der Waals surface area contributed by atoms with Gasteiger partial charge in [-0.25, -0.2) is 20.5 Å². The van der Waals surface area contributed by atoms with Gasteiger partial charge in [-0.05, 0) is 72.2 Å². The van der Waals surface area contributed by atoms with Gasteiger partial charge in [0.15, 0.2) is 0 Å². The first-order valence-corrected chi connectivity index (χ1v) is 11.2. The van der Waals surface area contributed by atoms with Crippen molar-refractivity contribution in [3.63, 3.8) is 0 Å². The molecule has 0 saturated carbocycles. The lowest BCUT2D eigenvalue weighted by Gasteiger charge is -2.22. The van der Waals surface area contributed by atoms with E-state index in [-0.39, 0.29) is 6.61 Å². The normalized spacial score (nSPS) is 12.7. The number of rotatable bonds is 10. The van der Waals surface area contributed by atoms with Crippen molar-refractivity contribution in [1.82, 2.24) is 14.9 Å². The van der Waals surface area contributed by atoms with Crippen LogP contribution < -0.4 is 16.0 Å². The Kier molecular flexibility index (Phi) is 9.46. The average molecular weight is 477 g/mol. The number of hydrogen-bond donors (Lipinski definition) is 2. The molecular formula is C24H36N4O6. The van der Waals surface area contributed by atoms with Gasteiger partial charge in [-0.3, -0.25) is 4.84 Å². The van der Waals surface area contributed by atoms with Crippen molar-refractivity contribution in [3.8, 4) is 17.0 Å². The van der Waals surface area contributed by atoms with E-state index in [4.69, 9.17) is 24.9 Å². The third-order valence-corrected chi connectivity index (χ3v) is 4.28. The maximum Gasteiger partial charge on any atom is 0.407 e. The molecule has 1 heterocycles. The number of carbonyl (C=O) groups excluding carboxylic acids is 2. The van der Waals surface area contributed by atoms with Crippen molar-refractivity contribution in [2.45, 2.75) is 71.8 Å². The number of benzene rings is 1. The fourth-order valence-electron chi connectivity index (χ4n) is 2.82. The third kappa shape index (κ3) is 9.80. The first-order valence-electron chi connectivity index (χ1n) is 11.2. The Morgan fingerprint density at radius 2 is 1.71 bits per heavy atom. The molecule has 3 N–H and O–H groups in total. The molecule has 0 radical (unpaired) electrons. The molecule has 10 nitrogen and oxygen atoms in total. The van der Waals surface area contributed by atoms with Gasteiger partial charge in [0.2, 0.25) is 6.10 Å². The summed E-state index contributed by atoms with van der Waals surface area (Å²) in [6, 6.07) is 7.30. The molecule has 0 saturated heterocycles. The number of nitrogens with zero attached hydrogens (tertiary/aromatic N) is 2. The Hall–Kier alpha value is -3.11. The number of ether oxygens (including phenoxy) is 3. The number of carbonyl (C=O) groups is 2. The molecule has 0 aliphatic heterocycles. The number of hydrogen-bond acceptors (Lipinski definition) is 8. The van der Waals surface area contributed by atoms with Crippen molar-refractivity contribution >= 4 is 12.1 Å². The lowest BCUT2D eigenvalue weighted by Crippen LogP contribution is -2.38. The molecule has 10 heteroatoms. The second kappa shape index (κ2) is 11.8. The summed E-state index contributed by atoms with van der Waals surface area (Å²) in [5.41, 5.74) is 0.565. The van der Waals surface area contributed by atoms with E-state index in [0.29, 0.717) is 18.8 Å². The summed E-state index contributed by atoms with van der Waals surface area (Å²) in [6.07, 6.45) is 2.97. The van der Waals surface area contributed by atoms with Crippen molar-refractivity contribution in [2.24, 2.45) is 5.90 Å². The Morgan fingerprint density at radius 3 is 2.29 bits per heavy atom. The monoisotopic (exact) mass is 476 g/mol. The maximum atomic E-state index is 12.1. The van der Waals surface area contributed by atoms with E-state index in [1.807, 2.05) is 43.7 Å². The van der Waals surface area contributed by atoms with Crippen molar-refractivity contribution in [3.05, 3.63) is 36.8 Å². The minimum Gasteiger partial charge on any atom is -0.490 e. The zero-order valence-corrected chi connectivity index (χ0v) is 20.8. The fourth-order valence-corrected chi connectivity index (χ4v) is 2.82. The van der Waals surface area contributed by atoms with Crippen molar-refractivity contribution < 1.29 is 28.6 Å². The molecule has 0 spiro atoms. The number of esters is 1. The zero-order chi connectivity index (χ0) is 25.4. The van der Waals surface area contributed by atoms with Crippen LogP contribution in [0.15, 0.2) is 36.8 Å². The highest BCUT2D eigenvalue weighted by atomic mass is 16.7. The third-order valence-electron chi connectivity index (χ3n) is 4.28. The summed E-state index contributed by atoms with van der Waals surface area (Å²) in [5, 5.41) is 2.74. The Bertz CT molecular complexity index is 928. The largest absolute Gasteiger partial charge is 0.490 e. The molecular weight excluding hydrogens is 440 g/mol. The van der Waals surface area contributed by atoms with Crippen LogP contribution in [0.1, 0.15) is 48.0 Å². The minimum atomic E-state index is -1.03. The number of aromatic nitrogens is 2. The highest BCUT2D eigenvalue weighted by Gasteiger charge is 2.26.